The zero-order chi connectivity index (χ0) is 7.40. The van der Waals surface area contributed by atoms with Gasteiger partial charge in [-0.05, 0) is 5.56 Å². The third-order valence-corrected chi connectivity index (χ3v) is 1.27. The molecule has 0 spiro atoms. The van der Waals surface area contributed by atoms with Gasteiger partial charge in [0.25, 0.3) is 0 Å². The van der Waals surface area contributed by atoms with Crippen molar-refractivity contribution < 1.29 is 0 Å². The van der Waals surface area contributed by atoms with Crippen molar-refractivity contribution in [3.63, 3.8) is 0 Å². The van der Waals surface area contributed by atoms with E-state index in [1.54, 1.807) is 5.01 Å². The molecular weight excluding hydrogens is 138 g/mol. The maximum atomic E-state index is 5.46. The van der Waals surface area contributed by atoms with Crippen molar-refractivity contribution in [1.29, 1.82) is 0 Å². The number of benzene rings is 1. The Labute approximate surface area is 67.4 Å². The van der Waals surface area contributed by atoms with Crippen LogP contribution < -0.4 is 12.0 Å². The fourth-order valence-corrected chi connectivity index (χ4v) is 0.871. The quantitative estimate of drug-likeness (QED) is 0.495. The fourth-order valence-electron chi connectivity index (χ4n) is 0.871. The van der Waals surface area contributed by atoms with Crippen LogP contribution >= 0.6 is 0 Å². The van der Waals surface area contributed by atoms with Gasteiger partial charge in [-0.3, -0.25) is 5.84 Å². The largest absolute Gasteiger partial charge is 0.344 e. The summed E-state index contributed by atoms with van der Waals surface area (Å²) in [5.41, 5.74) is 1.24. The minimum Gasteiger partial charge on any atom is -0.344 e. The minimum atomic E-state index is 0. The van der Waals surface area contributed by atoms with Crippen LogP contribution in [0.15, 0.2) is 30.3 Å². The first kappa shape index (κ1) is 10.1. The summed E-state index contributed by atoms with van der Waals surface area (Å²) in [6.45, 7) is 0.806. The molecule has 0 aliphatic rings. The van der Waals surface area contributed by atoms with Crippen LogP contribution in [0.5, 0.6) is 0 Å². The highest BCUT2D eigenvalue weighted by atomic mass is 15.4. The predicted octanol–water partition coefficient (Wildman–Crippen LogP) is 1.15. The van der Waals surface area contributed by atoms with Gasteiger partial charge in [0.2, 0.25) is 0 Å². The molecule has 0 heterocycles. The van der Waals surface area contributed by atoms with Gasteiger partial charge in [-0.25, -0.2) is 5.01 Å². The molecule has 0 amide bonds. The third-order valence-electron chi connectivity index (χ3n) is 1.27. The first-order valence-corrected chi connectivity index (χ1v) is 3.29. The number of hydrogen-bond acceptors (Lipinski definition) is 3. The Hall–Kier alpha value is -0.900. The van der Waals surface area contributed by atoms with Crippen LogP contribution in [-0.4, -0.2) is 12.1 Å². The molecule has 3 nitrogen and oxygen atoms in total. The molecule has 0 aromatic heterocycles. The van der Waals surface area contributed by atoms with Crippen LogP contribution in [0.2, 0.25) is 0 Å². The van der Waals surface area contributed by atoms with Gasteiger partial charge in [-0.1, -0.05) is 30.3 Å². The van der Waals surface area contributed by atoms with Gasteiger partial charge in [-0.2, -0.15) is 0 Å². The summed E-state index contributed by atoms with van der Waals surface area (Å²) in [6.07, 6.45) is 0. The van der Waals surface area contributed by atoms with E-state index in [0.29, 0.717) is 0 Å². The van der Waals surface area contributed by atoms with Crippen LogP contribution in [0.3, 0.4) is 0 Å². The Bertz CT molecular complexity index is 184. The normalized spacial score (nSPS) is 9.36. The average molecular weight is 153 g/mol. The lowest BCUT2D eigenvalue weighted by atomic mass is 10.2. The van der Waals surface area contributed by atoms with Gasteiger partial charge < -0.3 is 6.15 Å². The molecular formula is C8H15N3. The molecule has 1 aromatic rings. The summed E-state index contributed by atoms with van der Waals surface area (Å²) in [7, 11) is 1.85. The molecule has 1 rings (SSSR count). The van der Waals surface area contributed by atoms with Crippen LogP contribution in [0.1, 0.15) is 5.56 Å². The zero-order valence-corrected chi connectivity index (χ0v) is 6.83. The van der Waals surface area contributed by atoms with E-state index in [4.69, 9.17) is 5.84 Å². The SMILES string of the molecule is CN(N)Cc1ccccc1.N. The van der Waals surface area contributed by atoms with Gasteiger partial charge in [-0.15, -0.1) is 0 Å². The van der Waals surface area contributed by atoms with Crippen molar-refractivity contribution in [3.8, 4) is 0 Å². The molecule has 0 atom stereocenters. The number of nitrogens with zero attached hydrogens (tertiary/aromatic N) is 1. The summed E-state index contributed by atoms with van der Waals surface area (Å²) >= 11 is 0. The van der Waals surface area contributed by atoms with Crippen molar-refractivity contribution in [3.05, 3.63) is 35.9 Å². The lowest BCUT2D eigenvalue weighted by Crippen LogP contribution is -2.24. The number of rotatable bonds is 2. The Morgan fingerprint density at radius 3 is 2.27 bits per heavy atom. The van der Waals surface area contributed by atoms with E-state index in [9.17, 15) is 0 Å². The second kappa shape index (κ2) is 4.85. The molecule has 3 heteroatoms. The van der Waals surface area contributed by atoms with E-state index < -0.39 is 0 Å². The van der Waals surface area contributed by atoms with E-state index in [0.717, 1.165) is 6.54 Å². The summed E-state index contributed by atoms with van der Waals surface area (Å²) in [6, 6.07) is 10.1. The van der Waals surface area contributed by atoms with Crippen LogP contribution in [0.4, 0.5) is 0 Å². The fraction of sp³-hybridized carbons (Fsp3) is 0.250. The molecule has 0 saturated carbocycles. The predicted molar refractivity (Wildman–Crippen MR) is 47.1 cm³/mol. The van der Waals surface area contributed by atoms with Crippen LogP contribution in [-0.2, 0) is 6.54 Å². The molecule has 0 saturated heterocycles. The van der Waals surface area contributed by atoms with Gasteiger partial charge in [0.05, 0.1) is 0 Å². The maximum absolute atomic E-state index is 5.46. The second-order valence-corrected chi connectivity index (χ2v) is 2.40. The molecule has 0 fully saturated rings. The standard InChI is InChI=1S/C8H12N2.H3N/c1-10(9)7-8-5-3-2-4-6-8;/h2-6H,7,9H2,1H3;1H3. The molecule has 62 valence electrons. The number of hydrogen-bond donors (Lipinski definition) is 2. The highest BCUT2D eigenvalue weighted by Gasteiger charge is 1.90. The van der Waals surface area contributed by atoms with Crippen LogP contribution in [0.25, 0.3) is 0 Å². The summed E-state index contributed by atoms with van der Waals surface area (Å²) in [5.74, 6) is 5.46. The van der Waals surface area contributed by atoms with Gasteiger partial charge in [0.15, 0.2) is 0 Å². The summed E-state index contributed by atoms with van der Waals surface area (Å²) in [4.78, 5) is 0. The summed E-state index contributed by atoms with van der Waals surface area (Å²) < 4.78 is 0. The van der Waals surface area contributed by atoms with Crippen molar-refractivity contribution in [2.75, 3.05) is 7.05 Å². The molecule has 11 heavy (non-hydrogen) atoms. The van der Waals surface area contributed by atoms with Crippen molar-refractivity contribution in [2.24, 2.45) is 5.84 Å². The smallest absolute Gasteiger partial charge is 0.0376 e. The molecule has 1 aromatic carbocycles. The average Bonchev–Trinajstić information content (AvgIpc) is 1.88. The highest BCUT2D eigenvalue weighted by Crippen LogP contribution is 1.98. The summed E-state index contributed by atoms with van der Waals surface area (Å²) in [5, 5.41) is 1.66. The monoisotopic (exact) mass is 153 g/mol. The first-order chi connectivity index (χ1) is 4.79. The van der Waals surface area contributed by atoms with Crippen molar-refractivity contribution in [1.82, 2.24) is 11.2 Å². The Balaban J connectivity index is 0.000001000. The molecule has 0 radical (unpaired) electrons. The maximum Gasteiger partial charge on any atom is 0.0376 e. The minimum absolute atomic E-state index is 0. The topological polar surface area (TPSA) is 64.3 Å². The van der Waals surface area contributed by atoms with E-state index in [-0.39, 0.29) is 6.15 Å². The first-order valence-electron chi connectivity index (χ1n) is 3.29. The second-order valence-electron chi connectivity index (χ2n) is 2.40. The van der Waals surface area contributed by atoms with E-state index in [1.165, 1.54) is 5.56 Å². The van der Waals surface area contributed by atoms with Gasteiger partial charge in [0.1, 0.15) is 0 Å². The van der Waals surface area contributed by atoms with Crippen molar-refractivity contribution >= 4 is 0 Å². The molecule has 0 aliphatic heterocycles. The van der Waals surface area contributed by atoms with E-state index >= 15 is 0 Å². The molecule has 0 aliphatic carbocycles. The van der Waals surface area contributed by atoms with Gasteiger partial charge in [0, 0.05) is 13.6 Å². The zero-order valence-electron chi connectivity index (χ0n) is 6.83. The van der Waals surface area contributed by atoms with E-state index in [2.05, 4.69) is 12.1 Å². The number of nitrogens with two attached hydrogens (primary N) is 1. The molecule has 0 unspecified atom stereocenters. The Kier molecular flexibility index (Phi) is 4.45. The Morgan fingerprint density at radius 1 is 1.27 bits per heavy atom. The van der Waals surface area contributed by atoms with Gasteiger partial charge >= 0.3 is 0 Å². The van der Waals surface area contributed by atoms with E-state index in [1.807, 2.05) is 25.2 Å². The highest BCUT2D eigenvalue weighted by molar-refractivity contribution is 5.13. The number of hydrazine groups is 1. The van der Waals surface area contributed by atoms with Crippen molar-refractivity contribution in [2.45, 2.75) is 6.54 Å². The van der Waals surface area contributed by atoms with Crippen LogP contribution in [0, 0.1) is 0 Å². The third kappa shape index (κ3) is 3.72. The lowest BCUT2D eigenvalue weighted by Gasteiger charge is -2.07. The molecule has 0 bridgehead atoms. The Morgan fingerprint density at radius 2 is 1.82 bits per heavy atom. The lowest BCUT2D eigenvalue weighted by molar-refractivity contribution is 0.341. The molecule has 5 N–H and O–H groups in total.